The van der Waals surface area contributed by atoms with Gasteiger partial charge in [0.25, 0.3) is 0 Å². The van der Waals surface area contributed by atoms with E-state index in [1.165, 1.54) is 5.56 Å². The Kier molecular flexibility index (Phi) is 3.82. The van der Waals surface area contributed by atoms with Crippen LogP contribution in [0, 0.1) is 6.92 Å². The molecule has 0 fully saturated rings. The van der Waals surface area contributed by atoms with Gasteiger partial charge in [0.05, 0.1) is 16.9 Å². The molecule has 1 heterocycles. The third-order valence-corrected chi connectivity index (χ3v) is 3.19. The maximum absolute atomic E-state index is 11.1. The minimum Gasteiger partial charge on any atom is -0.298 e. The van der Waals surface area contributed by atoms with Crippen LogP contribution >= 0.6 is 11.6 Å². The third kappa shape index (κ3) is 2.31. The van der Waals surface area contributed by atoms with E-state index in [0.29, 0.717) is 10.7 Å². The van der Waals surface area contributed by atoms with Gasteiger partial charge in [-0.25, -0.2) is 4.68 Å². The lowest BCUT2D eigenvalue weighted by Crippen LogP contribution is -1.97. The average molecular weight is 263 g/mol. The first-order valence-corrected chi connectivity index (χ1v) is 6.34. The molecule has 0 radical (unpaired) electrons. The Hall–Kier alpha value is -1.61. The quantitative estimate of drug-likeness (QED) is 0.789. The summed E-state index contributed by atoms with van der Waals surface area (Å²) in [6.07, 6.45) is 2.47. The number of aldehydes is 1. The Morgan fingerprint density at radius 1 is 1.33 bits per heavy atom. The molecule has 0 aliphatic carbocycles. The van der Waals surface area contributed by atoms with Crippen molar-refractivity contribution in [2.24, 2.45) is 0 Å². The van der Waals surface area contributed by atoms with E-state index in [1.807, 2.05) is 38.1 Å². The fraction of sp³-hybridized carbons (Fsp3) is 0.286. The third-order valence-electron chi connectivity index (χ3n) is 2.82. The van der Waals surface area contributed by atoms with Gasteiger partial charge in [-0.3, -0.25) is 4.79 Å². The number of halogens is 1. The van der Waals surface area contributed by atoms with Gasteiger partial charge in [-0.15, -0.1) is 0 Å². The van der Waals surface area contributed by atoms with Crippen molar-refractivity contribution in [2.45, 2.75) is 26.7 Å². The van der Waals surface area contributed by atoms with Crippen molar-refractivity contribution in [3.63, 3.8) is 0 Å². The van der Waals surface area contributed by atoms with Gasteiger partial charge < -0.3 is 0 Å². The highest BCUT2D eigenvalue weighted by Gasteiger charge is 2.15. The summed E-state index contributed by atoms with van der Waals surface area (Å²) >= 11 is 6.21. The number of aryl methyl sites for hydroxylation is 2. The average Bonchev–Trinajstić information content (AvgIpc) is 2.67. The molecule has 0 aliphatic heterocycles. The summed E-state index contributed by atoms with van der Waals surface area (Å²) in [6, 6.07) is 7.87. The topological polar surface area (TPSA) is 34.9 Å². The molecule has 0 saturated heterocycles. The Labute approximate surface area is 111 Å². The Bertz CT molecular complexity index is 558. The Morgan fingerprint density at radius 3 is 2.56 bits per heavy atom. The Balaban J connectivity index is 2.51. The predicted octanol–water partition coefficient (Wildman–Crippen LogP) is 3.60. The van der Waals surface area contributed by atoms with Gasteiger partial charge in [-0.05, 0) is 25.5 Å². The van der Waals surface area contributed by atoms with Crippen LogP contribution in [0.3, 0.4) is 0 Å². The van der Waals surface area contributed by atoms with Gasteiger partial charge in [-0.2, -0.15) is 5.10 Å². The summed E-state index contributed by atoms with van der Waals surface area (Å²) in [6.45, 7) is 4.07. The van der Waals surface area contributed by atoms with Crippen molar-refractivity contribution in [2.75, 3.05) is 0 Å². The van der Waals surface area contributed by atoms with Crippen molar-refractivity contribution in [3.05, 3.63) is 46.2 Å². The molecule has 0 atom stereocenters. The summed E-state index contributed by atoms with van der Waals surface area (Å²) in [4.78, 5) is 11.1. The highest BCUT2D eigenvalue weighted by Crippen LogP contribution is 2.23. The molecule has 0 unspecified atom stereocenters. The number of hydrogen-bond acceptors (Lipinski definition) is 2. The molecule has 18 heavy (non-hydrogen) atoms. The largest absolute Gasteiger partial charge is 0.298 e. The molecule has 0 N–H and O–H groups in total. The van der Waals surface area contributed by atoms with Gasteiger partial charge in [0.1, 0.15) is 5.15 Å². The number of aromatic nitrogens is 2. The van der Waals surface area contributed by atoms with Crippen molar-refractivity contribution in [1.82, 2.24) is 9.78 Å². The van der Waals surface area contributed by atoms with Crippen LogP contribution in [-0.2, 0) is 6.42 Å². The summed E-state index contributed by atoms with van der Waals surface area (Å²) in [5, 5.41) is 4.81. The molecular weight excluding hydrogens is 248 g/mol. The summed E-state index contributed by atoms with van der Waals surface area (Å²) < 4.78 is 1.62. The van der Waals surface area contributed by atoms with Gasteiger partial charge in [0.2, 0.25) is 0 Å². The van der Waals surface area contributed by atoms with Crippen molar-refractivity contribution >= 4 is 17.9 Å². The summed E-state index contributed by atoms with van der Waals surface area (Å²) in [7, 11) is 0. The van der Waals surface area contributed by atoms with E-state index in [2.05, 4.69) is 5.10 Å². The van der Waals surface area contributed by atoms with E-state index < -0.39 is 0 Å². The lowest BCUT2D eigenvalue weighted by molar-refractivity contribution is 0.112. The molecule has 1 aromatic carbocycles. The number of benzene rings is 1. The molecule has 0 saturated carbocycles. The molecule has 1 aromatic heterocycles. The zero-order valence-corrected chi connectivity index (χ0v) is 11.2. The second-order valence-corrected chi connectivity index (χ2v) is 4.62. The van der Waals surface area contributed by atoms with E-state index in [4.69, 9.17) is 11.6 Å². The van der Waals surface area contributed by atoms with E-state index in [9.17, 15) is 4.79 Å². The Morgan fingerprint density at radius 2 is 2.00 bits per heavy atom. The molecular formula is C14H15ClN2O. The van der Waals surface area contributed by atoms with Gasteiger partial charge >= 0.3 is 0 Å². The van der Waals surface area contributed by atoms with Crippen LogP contribution in [0.4, 0.5) is 0 Å². The minimum absolute atomic E-state index is 0.386. The smallest absolute Gasteiger partial charge is 0.155 e. The van der Waals surface area contributed by atoms with Gasteiger partial charge in [0, 0.05) is 0 Å². The predicted molar refractivity (Wildman–Crippen MR) is 72.7 cm³/mol. The number of rotatable bonds is 4. The monoisotopic (exact) mass is 262 g/mol. The van der Waals surface area contributed by atoms with Crippen molar-refractivity contribution in [3.8, 4) is 5.69 Å². The highest BCUT2D eigenvalue weighted by molar-refractivity contribution is 6.32. The second-order valence-electron chi connectivity index (χ2n) is 4.27. The molecule has 2 aromatic rings. The maximum atomic E-state index is 11.1. The lowest BCUT2D eigenvalue weighted by atomic mass is 10.2. The molecule has 2 rings (SSSR count). The first-order chi connectivity index (χ1) is 8.67. The summed E-state index contributed by atoms with van der Waals surface area (Å²) in [5.41, 5.74) is 3.31. The molecule has 0 bridgehead atoms. The zero-order valence-electron chi connectivity index (χ0n) is 10.5. The number of carbonyl (C=O) groups excluding carboxylic acids is 1. The van der Waals surface area contributed by atoms with Gasteiger partial charge in [-0.1, -0.05) is 42.6 Å². The van der Waals surface area contributed by atoms with Gasteiger partial charge in [0.15, 0.2) is 6.29 Å². The van der Waals surface area contributed by atoms with E-state index in [1.54, 1.807) is 4.68 Å². The van der Waals surface area contributed by atoms with Crippen molar-refractivity contribution < 1.29 is 4.79 Å². The van der Waals surface area contributed by atoms with Crippen LogP contribution in [0.5, 0.6) is 0 Å². The molecule has 0 amide bonds. The molecule has 94 valence electrons. The first-order valence-electron chi connectivity index (χ1n) is 5.97. The van der Waals surface area contributed by atoms with E-state index in [0.717, 1.165) is 30.5 Å². The minimum atomic E-state index is 0.386. The molecule has 4 heteroatoms. The molecule has 0 aliphatic rings. The molecule has 0 spiro atoms. The standard InChI is InChI=1S/C14H15ClN2O/c1-3-4-13-12(9-18)14(15)17(16-13)11-7-5-10(2)6-8-11/h5-9H,3-4H2,1-2H3. The number of carbonyl (C=O) groups is 1. The van der Waals surface area contributed by atoms with E-state index in [-0.39, 0.29) is 0 Å². The van der Waals surface area contributed by atoms with Crippen LogP contribution in [0.2, 0.25) is 5.15 Å². The fourth-order valence-corrected chi connectivity index (χ4v) is 2.14. The second kappa shape index (κ2) is 5.36. The van der Waals surface area contributed by atoms with Crippen LogP contribution in [-0.4, -0.2) is 16.1 Å². The van der Waals surface area contributed by atoms with E-state index >= 15 is 0 Å². The van der Waals surface area contributed by atoms with Crippen LogP contribution < -0.4 is 0 Å². The normalized spacial score (nSPS) is 10.6. The lowest BCUT2D eigenvalue weighted by Gasteiger charge is -2.03. The highest BCUT2D eigenvalue weighted by atomic mass is 35.5. The molecule has 3 nitrogen and oxygen atoms in total. The first kappa shape index (κ1) is 12.8. The van der Waals surface area contributed by atoms with Crippen molar-refractivity contribution in [1.29, 1.82) is 0 Å². The number of nitrogens with zero attached hydrogens (tertiary/aromatic N) is 2. The fourth-order valence-electron chi connectivity index (χ4n) is 1.85. The van der Waals surface area contributed by atoms with Crippen LogP contribution in [0.15, 0.2) is 24.3 Å². The number of hydrogen-bond donors (Lipinski definition) is 0. The summed E-state index contributed by atoms with van der Waals surface area (Å²) in [5.74, 6) is 0. The zero-order chi connectivity index (χ0) is 13.1. The van der Waals surface area contributed by atoms with Crippen LogP contribution in [0.25, 0.3) is 5.69 Å². The van der Waals surface area contributed by atoms with Crippen LogP contribution in [0.1, 0.15) is 35.0 Å². The SMILES string of the molecule is CCCc1nn(-c2ccc(C)cc2)c(Cl)c1C=O. The maximum Gasteiger partial charge on any atom is 0.155 e.